The van der Waals surface area contributed by atoms with Crippen molar-refractivity contribution in [3.8, 4) is 5.75 Å². The van der Waals surface area contributed by atoms with E-state index in [0.717, 1.165) is 27.4 Å². The average Bonchev–Trinajstić information content (AvgIpc) is 2.31. The predicted molar refractivity (Wildman–Crippen MR) is 73.2 cm³/mol. The van der Waals surface area contributed by atoms with E-state index in [0.29, 0.717) is 5.39 Å². The van der Waals surface area contributed by atoms with Crippen LogP contribution in [0.4, 0.5) is 0 Å². The maximum absolute atomic E-state index is 12.1. The van der Waals surface area contributed by atoms with Gasteiger partial charge >= 0.3 is 0 Å². The molecule has 0 aliphatic carbocycles. The molecule has 3 aromatic rings. The zero-order valence-electron chi connectivity index (χ0n) is 10.2. The van der Waals surface area contributed by atoms with Crippen LogP contribution in [-0.4, -0.2) is 10.1 Å². The van der Waals surface area contributed by atoms with Crippen molar-refractivity contribution in [3.05, 3.63) is 51.8 Å². The Hall–Kier alpha value is -2.29. The Morgan fingerprint density at radius 2 is 1.78 bits per heavy atom. The lowest BCUT2D eigenvalue weighted by atomic mass is 10.0. The predicted octanol–water partition coefficient (Wildman–Crippen LogP) is 3.00. The van der Waals surface area contributed by atoms with Crippen LogP contribution in [0.2, 0.25) is 0 Å². The van der Waals surface area contributed by atoms with E-state index in [4.69, 9.17) is 0 Å². The maximum Gasteiger partial charge on any atom is 0.256 e. The second-order valence-electron chi connectivity index (χ2n) is 4.69. The third kappa shape index (κ3) is 1.48. The molecule has 0 radical (unpaired) electrons. The van der Waals surface area contributed by atoms with Gasteiger partial charge in [-0.25, -0.2) is 0 Å². The minimum Gasteiger partial charge on any atom is -0.508 e. The van der Waals surface area contributed by atoms with Gasteiger partial charge < -0.3 is 10.1 Å². The molecule has 2 aromatic carbocycles. The number of phenols is 1. The minimum absolute atomic E-state index is 0.0880. The number of aromatic hydroxyl groups is 1. The first kappa shape index (κ1) is 10.8. The van der Waals surface area contributed by atoms with E-state index in [1.807, 2.05) is 32.0 Å². The minimum atomic E-state index is -0.0880. The molecule has 90 valence electrons. The van der Waals surface area contributed by atoms with Crippen LogP contribution >= 0.6 is 0 Å². The number of H-pyrrole nitrogens is 1. The van der Waals surface area contributed by atoms with Gasteiger partial charge in [0.15, 0.2) is 0 Å². The van der Waals surface area contributed by atoms with E-state index < -0.39 is 0 Å². The summed E-state index contributed by atoms with van der Waals surface area (Å²) in [4.78, 5) is 15.0. The fourth-order valence-corrected chi connectivity index (χ4v) is 2.41. The molecule has 0 saturated carbocycles. The molecular formula is C15H13NO2. The molecule has 0 spiro atoms. The van der Waals surface area contributed by atoms with Crippen molar-refractivity contribution in [2.45, 2.75) is 13.8 Å². The second kappa shape index (κ2) is 3.60. The summed E-state index contributed by atoms with van der Waals surface area (Å²) in [6.07, 6.45) is 0. The number of benzene rings is 2. The summed E-state index contributed by atoms with van der Waals surface area (Å²) in [6.45, 7) is 3.83. The summed E-state index contributed by atoms with van der Waals surface area (Å²) in [6, 6.07) is 9.11. The first-order chi connectivity index (χ1) is 8.56. The van der Waals surface area contributed by atoms with Gasteiger partial charge in [-0.3, -0.25) is 4.79 Å². The number of nitrogens with one attached hydrogen (secondary N) is 1. The number of aryl methyl sites for hydroxylation is 2. The van der Waals surface area contributed by atoms with Crippen molar-refractivity contribution < 1.29 is 5.11 Å². The van der Waals surface area contributed by atoms with Crippen molar-refractivity contribution in [1.29, 1.82) is 0 Å². The SMILES string of the molecule is Cc1ccc2c(c1)c(=O)[nH]c1c(C)cc(O)cc12. The van der Waals surface area contributed by atoms with E-state index in [-0.39, 0.29) is 11.3 Å². The number of aromatic nitrogens is 1. The highest BCUT2D eigenvalue weighted by molar-refractivity contribution is 6.06. The quantitative estimate of drug-likeness (QED) is 0.592. The molecule has 2 N–H and O–H groups in total. The highest BCUT2D eigenvalue weighted by atomic mass is 16.3. The van der Waals surface area contributed by atoms with E-state index in [1.165, 1.54) is 0 Å². The molecule has 3 rings (SSSR count). The molecule has 0 aliphatic rings. The maximum atomic E-state index is 12.1. The lowest BCUT2D eigenvalue weighted by Gasteiger charge is -2.07. The van der Waals surface area contributed by atoms with Crippen molar-refractivity contribution >= 4 is 21.7 Å². The molecule has 1 heterocycles. The average molecular weight is 239 g/mol. The molecule has 0 atom stereocenters. The van der Waals surface area contributed by atoms with Crippen LogP contribution in [0.15, 0.2) is 35.1 Å². The van der Waals surface area contributed by atoms with Crippen molar-refractivity contribution in [1.82, 2.24) is 4.98 Å². The summed E-state index contributed by atoms with van der Waals surface area (Å²) < 4.78 is 0. The highest BCUT2D eigenvalue weighted by Crippen LogP contribution is 2.27. The molecule has 0 aliphatic heterocycles. The van der Waals surface area contributed by atoms with Crippen molar-refractivity contribution in [2.75, 3.05) is 0 Å². The highest BCUT2D eigenvalue weighted by Gasteiger charge is 2.08. The van der Waals surface area contributed by atoms with Crippen LogP contribution in [0.1, 0.15) is 11.1 Å². The van der Waals surface area contributed by atoms with Gasteiger partial charge in [-0.1, -0.05) is 17.7 Å². The number of phenolic OH excluding ortho intramolecular Hbond substituents is 1. The lowest BCUT2D eigenvalue weighted by Crippen LogP contribution is -2.07. The number of rotatable bonds is 0. The van der Waals surface area contributed by atoms with Gasteiger partial charge in [0.2, 0.25) is 0 Å². The van der Waals surface area contributed by atoms with Crippen LogP contribution in [0.5, 0.6) is 5.75 Å². The Morgan fingerprint density at radius 1 is 1.00 bits per heavy atom. The lowest BCUT2D eigenvalue weighted by molar-refractivity contribution is 0.476. The summed E-state index contributed by atoms with van der Waals surface area (Å²) in [5.74, 6) is 0.217. The van der Waals surface area contributed by atoms with Gasteiger partial charge in [-0.2, -0.15) is 0 Å². The van der Waals surface area contributed by atoms with Crippen LogP contribution < -0.4 is 5.56 Å². The van der Waals surface area contributed by atoms with Crippen LogP contribution in [-0.2, 0) is 0 Å². The molecule has 0 bridgehead atoms. The van der Waals surface area contributed by atoms with Gasteiger partial charge in [0.1, 0.15) is 5.75 Å². The number of hydrogen-bond acceptors (Lipinski definition) is 2. The number of fused-ring (bicyclic) bond motifs is 3. The van der Waals surface area contributed by atoms with Gasteiger partial charge in [-0.05, 0) is 43.0 Å². The smallest absolute Gasteiger partial charge is 0.256 e. The Balaban J connectivity index is 2.65. The van der Waals surface area contributed by atoms with Crippen LogP contribution in [0.25, 0.3) is 21.7 Å². The Morgan fingerprint density at radius 3 is 2.56 bits per heavy atom. The number of aromatic amines is 1. The van der Waals surface area contributed by atoms with Gasteiger partial charge in [-0.15, -0.1) is 0 Å². The molecular weight excluding hydrogens is 226 g/mol. The van der Waals surface area contributed by atoms with E-state index in [2.05, 4.69) is 4.98 Å². The first-order valence-corrected chi connectivity index (χ1v) is 5.82. The largest absolute Gasteiger partial charge is 0.508 e. The van der Waals surface area contributed by atoms with Crippen LogP contribution in [0.3, 0.4) is 0 Å². The summed E-state index contributed by atoms with van der Waals surface area (Å²) in [7, 11) is 0. The molecule has 18 heavy (non-hydrogen) atoms. The monoisotopic (exact) mass is 239 g/mol. The van der Waals surface area contributed by atoms with Crippen molar-refractivity contribution in [2.24, 2.45) is 0 Å². The summed E-state index contributed by atoms with van der Waals surface area (Å²) in [5.41, 5.74) is 2.61. The van der Waals surface area contributed by atoms with Crippen LogP contribution in [0, 0.1) is 13.8 Å². The Kier molecular flexibility index (Phi) is 2.17. The molecule has 0 amide bonds. The van der Waals surface area contributed by atoms with E-state index in [1.54, 1.807) is 12.1 Å². The summed E-state index contributed by atoms with van der Waals surface area (Å²) >= 11 is 0. The normalized spacial score (nSPS) is 11.2. The zero-order valence-corrected chi connectivity index (χ0v) is 10.2. The standard InChI is InChI=1S/C15H13NO2/c1-8-3-4-11-12-7-10(17)6-9(2)14(12)16-15(18)13(11)5-8/h3-7,17H,1-2H3,(H,16,18). The molecule has 0 saturated heterocycles. The fourth-order valence-electron chi connectivity index (χ4n) is 2.41. The first-order valence-electron chi connectivity index (χ1n) is 5.82. The van der Waals surface area contributed by atoms with E-state index in [9.17, 15) is 9.90 Å². The van der Waals surface area contributed by atoms with Gasteiger partial charge in [0, 0.05) is 10.8 Å². The number of hydrogen-bond donors (Lipinski definition) is 2. The zero-order chi connectivity index (χ0) is 12.9. The third-order valence-electron chi connectivity index (χ3n) is 3.27. The topological polar surface area (TPSA) is 53.1 Å². The molecule has 1 aromatic heterocycles. The van der Waals surface area contributed by atoms with Crippen molar-refractivity contribution in [3.63, 3.8) is 0 Å². The third-order valence-corrected chi connectivity index (χ3v) is 3.27. The second-order valence-corrected chi connectivity index (χ2v) is 4.69. The van der Waals surface area contributed by atoms with Gasteiger partial charge in [0.05, 0.1) is 5.52 Å². The Bertz CT molecular complexity index is 831. The summed E-state index contributed by atoms with van der Waals surface area (Å²) in [5, 5.41) is 12.1. The molecule has 0 fully saturated rings. The Labute approximate surface area is 104 Å². The molecule has 0 unspecified atom stereocenters. The fraction of sp³-hybridized carbons (Fsp3) is 0.133. The van der Waals surface area contributed by atoms with Gasteiger partial charge in [0.25, 0.3) is 5.56 Å². The van der Waals surface area contributed by atoms with E-state index >= 15 is 0 Å². The number of pyridine rings is 1. The molecule has 3 nitrogen and oxygen atoms in total. The molecule has 3 heteroatoms.